The summed E-state index contributed by atoms with van der Waals surface area (Å²) in [6.45, 7) is 13.3. The minimum Gasteiger partial charge on any atom is -0.497 e. The third kappa shape index (κ3) is 4.73. The molecule has 3 aliphatic heterocycles. The number of methoxy groups -OCH3 is 1. The van der Waals surface area contributed by atoms with Gasteiger partial charge in [0.2, 0.25) is 5.91 Å². The molecular weight excluding hydrogens is 512 g/mol. The molecule has 3 heterocycles. The van der Waals surface area contributed by atoms with E-state index < -0.39 is 41.1 Å². The molecule has 2 bridgehead atoms. The molecule has 4 rings (SSSR count). The van der Waals surface area contributed by atoms with Crippen LogP contribution in [-0.4, -0.2) is 77.9 Å². The van der Waals surface area contributed by atoms with E-state index in [1.165, 1.54) is 11.0 Å². The van der Waals surface area contributed by atoms with Crippen LogP contribution in [0.15, 0.2) is 49.6 Å². The first-order chi connectivity index (χ1) is 19.1. The number of anilines is 1. The smallest absolute Gasteiger partial charge is 0.313 e. The molecule has 1 spiro atoms. The Morgan fingerprint density at radius 2 is 1.93 bits per heavy atom. The third-order valence-electron chi connectivity index (χ3n) is 8.76. The van der Waals surface area contributed by atoms with Crippen molar-refractivity contribution in [2.24, 2.45) is 17.8 Å². The molecule has 6 atom stereocenters. The van der Waals surface area contributed by atoms with E-state index in [1.54, 1.807) is 42.4 Å². The molecule has 1 N–H and O–H groups in total. The van der Waals surface area contributed by atoms with E-state index in [-0.39, 0.29) is 37.5 Å². The number of ether oxygens (including phenoxy) is 3. The van der Waals surface area contributed by atoms with Crippen molar-refractivity contribution in [3.8, 4) is 5.75 Å². The number of nitrogens with zero attached hydrogens (tertiary/aromatic N) is 2. The van der Waals surface area contributed by atoms with E-state index in [0.29, 0.717) is 37.1 Å². The van der Waals surface area contributed by atoms with Gasteiger partial charge >= 0.3 is 5.97 Å². The zero-order valence-electron chi connectivity index (χ0n) is 24.0. The van der Waals surface area contributed by atoms with Crippen LogP contribution in [0.2, 0.25) is 0 Å². The van der Waals surface area contributed by atoms with Gasteiger partial charge in [0.25, 0.3) is 5.91 Å². The number of rotatable bonds is 13. The average molecular weight is 555 g/mol. The summed E-state index contributed by atoms with van der Waals surface area (Å²) in [6, 6.07) is 5.44. The highest BCUT2D eigenvalue weighted by Crippen LogP contribution is 2.65. The monoisotopic (exact) mass is 554 g/mol. The van der Waals surface area contributed by atoms with Crippen LogP contribution in [0, 0.1) is 17.8 Å². The standard InChI is InChI=1S/C31H42N2O7/c1-7-16-32(21-10-12-23(38-6)13-11-21)28(36)26-31-15-14-30(9-3,40-31)25(29(37)39-17-8-2)24(31)27(35)33(26)22(19-34)18-20(4)5/h7-8,10-13,20,22,24-26,34H,1-2,9,14-19H2,3-6H3/t22-,24+,25+,26?,30-,31?/m1/s1. The zero-order valence-corrected chi connectivity index (χ0v) is 24.0. The fourth-order valence-corrected chi connectivity index (χ4v) is 7.10. The second kappa shape index (κ2) is 11.7. The number of hydrogen-bond donors (Lipinski definition) is 1. The maximum absolute atomic E-state index is 14.7. The lowest BCUT2D eigenvalue weighted by molar-refractivity contribution is -0.161. The summed E-state index contributed by atoms with van der Waals surface area (Å²) in [5, 5.41) is 10.5. The number of likely N-dealkylation sites (tertiary alicyclic amines) is 1. The minimum atomic E-state index is -1.22. The van der Waals surface area contributed by atoms with Gasteiger partial charge in [-0.05, 0) is 55.9 Å². The van der Waals surface area contributed by atoms with Crippen LogP contribution in [0.1, 0.15) is 46.5 Å². The number of aliphatic hydroxyl groups is 1. The lowest BCUT2D eigenvalue weighted by Gasteiger charge is -2.40. The second-order valence-corrected chi connectivity index (χ2v) is 11.4. The van der Waals surface area contributed by atoms with Crippen molar-refractivity contribution < 1.29 is 33.7 Å². The first-order valence-electron chi connectivity index (χ1n) is 14.1. The third-order valence-corrected chi connectivity index (χ3v) is 8.76. The van der Waals surface area contributed by atoms with E-state index >= 15 is 0 Å². The molecule has 3 fully saturated rings. The van der Waals surface area contributed by atoms with E-state index in [0.717, 1.165) is 0 Å². The Morgan fingerprint density at radius 1 is 1.23 bits per heavy atom. The van der Waals surface area contributed by atoms with Crippen LogP contribution in [-0.2, 0) is 23.9 Å². The Kier molecular flexibility index (Phi) is 8.75. The SMILES string of the molecule is C=CCOC(=O)[C@@H]1[C@H]2C(=O)N([C@@H](CO)CC(C)C)C(C(=O)N(CC=C)c3ccc(OC)cc3)C23CC[C@@]1(CC)O3. The fraction of sp³-hybridized carbons (Fsp3) is 0.581. The molecule has 0 aliphatic carbocycles. The van der Waals surface area contributed by atoms with Crippen molar-refractivity contribution in [2.45, 2.75) is 69.7 Å². The molecule has 218 valence electrons. The van der Waals surface area contributed by atoms with E-state index in [2.05, 4.69) is 13.2 Å². The van der Waals surface area contributed by atoms with Crippen LogP contribution < -0.4 is 9.64 Å². The summed E-state index contributed by atoms with van der Waals surface area (Å²) in [5.74, 6) is -2.15. The topological polar surface area (TPSA) is 106 Å². The highest BCUT2D eigenvalue weighted by atomic mass is 16.6. The number of fused-ring (bicyclic) bond motifs is 1. The number of aliphatic hydroxyl groups excluding tert-OH is 1. The maximum Gasteiger partial charge on any atom is 0.313 e. The normalized spacial score (nSPS) is 29.3. The van der Waals surface area contributed by atoms with E-state index in [1.807, 2.05) is 20.8 Å². The first kappa shape index (κ1) is 29.8. The van der Waals surface area contributed by atoms with Gasteiger partial charge in [-0.1, -0.05) is 39.5 Å². The fourth-order valence-electron chi connectivity index (χ4n) is 7.10. The number of benzene rings is 1. The van der Waals surface area contributed by atoms with Crippen molar-refractivity contribution in [2.75, 3.05) is 31.8 Å². The lowest BCUT2D eigenvalue weighted by Crippen LogP contribution is -2.59. The Morgan fingerprint density at radius 3 is 2.48 bits per heavy atom. The van der Waals surface area contributed by atoms with Gasteiger partial charge in [0.1, 0.15) is 29.9 Å². The molecule has 2 unspecified atom stereocenters. The Hall–Kier alpha value is -3.17. The van der Waals surface area contributed by atoms with Crippen molar-refractivity contribution in [3.63, 3.8) is 0 Å². The molecule has 40 heavy (non-hydrogen) atoms. The number of amides is 2. The molecule has 1 aromatic rings. The molecule has 0 saturated carbocycles. The minimum absolute atomic E-state index is 0.0201. The molecule has 0 aromatic heterocycles. The summed E-state index contributed by atoms with van der Waals surface area (Å²) >= 11 is 0. The molecule has 3 saturated heterocycles. The highest BCUT2D eigenvalue weighted by Gasteiger charge is 2.79. The Bertz CT molecular complexity index is 1130. The number of esters is 1. The molecule has 9 nitrogen and oxygen atoms in total. The molecule has 3 aliphatic rings. The Labute approximate surface area is 236 Å². The first-order valence-corrected chi connectivity index (χ1v) is 14.1. The van der Waals surface area contributed by atoms with Gasteiger partial charge in [0, 0.05) is 12.2 Å². The van der Waals surface area contributed by atoms with Crippen LogP contribution in [0.4, 0.5) is 5.69 Å². The van der Waals surface area contributed by atoms with E-state index in [4.69, 9.17) is 14.2 Å². The van der Waals surface area contributed by atoms with Crippen molar-refractivity contribution in [1.29, 1.82) is 0 Å². The zero-order chi connectivity index (χ0) is 29.2. The summed E-state index contributed by atoms with van der Waals surface area (Å²) in [7, 11) is 1.57. The molecule has 9 heteroatoms. The number of carbonyl (C=O) groups is 3. The maximum atomic E-state index is 14.7. The van der Waals surface area contributed by atoms with Crippen LogP contribution in [0.25, 0.3) is 0 Å². The predicted molar refractivity (Wildman–Crippen MR) is 151 cm³/mol. The van der Waals surface area contributed by atoms with Crippen molar-refractivity contribution >= 4 is 23.5 Å². The quantitative estimate of drug-likeness (QED) is 0.294. The van der Waals surface area contributed by atoms with Crippen LogP contribution in [0.5, 0.6) is 5.75 Å². The van der Waals surface area contributed by atoms with E-state index in [9.17, 15) is 19.5 Å². The number of carbonyl (C=O) groups excluding carboxylic acids is 3. The van der Waals surface area contributed by atoms with Gasteiger partial charge < -0.3 is 29.1 Å². The summed E-state index contributed by atoms with van der Waals surface area (Å²) < 4.78 is 17.6. The molecular formula is C31H42N2O7. The van der Waals surface area contributed by atoms with Gasteiger partial charge in [0.05, 0.1) is 31.3 Å². The van der Waals surface area contributed by atoms with Crippen molar-refractivity contribution in [3.05, 3.63) is 49.6 Å². The lowest BCUT2D eigenvalue weighted by atomic mass is 9.65. The predicted octanol–water partition coefficient (Wildman–Crippen LogP) is 3.51. The van der Waals surface area contributed by atoms with Gasteiger partial charge in [-0.15, -0.1) is 6.58 Å². The number of hydrogen-bond acceptors (Lipinski definition) is 7. The van der Waals surface area contributed by atoms with Crippen LogP contribution in [0.3, 0.4) is 0 Å². The molecule has 2 amide bonds. The molecule has 0 radical (unpaired) electrons. The van der Waals surface area contributed by atoms with Gasteiger partial charge in [-0.3, -0.25) is 14.4 Å². The van der Waals surface area contributed by atoms with Crippen molar-refractivity contribution in [1.82, 2.24) is 4.90 Å². The highest BCUT2D eigenvalue weighted by molar-refractivity contribution is 6.05. The average Bonchev–Trinajstić information content (AvgIpc) is 3.56. The van der Waals surface area contributed by atoms with Crippen LogP contribution >= 0.6 is 0 Å². The largest absolute Gasteiger partial charge is 0.497 e. The second-order valence-electron chi connectivity index (χ2n) is 11.4. The summed E-state index contributed by atoms with van der Waals surface area (Å²) in [4.78, 5) is 45.7. The Balaban J connectivity index is 1.85. The summed E-state index contributed by atoms with van der Waals surface area (Å²) in [6.07, 6.45) is 5.07. The van der Waals surface area contributed by atoms with Gasteiger partial charge in [0.15, 0.2) is 0 Å². The van der Waals surface area contributed by atoms with Gasteiger partial charge in [-0.2, -0.15) is 0 Å². The van der Waals surface area contributed by atoms with Gasteiger partial charge in [-0.25, -0.2) is 0 Å². The summed E-state index contributed by atoms with van der Waals surface area (Å²) in [5.41, 5.74) is -1.51. The molecule has 1 aromatic carbocycles.